The van der Waals surface area contributed by atoms with E-state index >= 15 is 0 Å². The molecule has 0 spiro atoms. The van der Waals surface area contributed by atoms with Crippen LogP contribution >= 0.6 is 0 Å². The Labute approximate surface area is 168 Å². The summed E-state index contributed by atoms with van der Waals surface area (Å²) in [6, 6.07) is 12.6. The van der Waals surface area contributed by atoms with Crippen molar-refractivity contribution in [1.29, 1.82) is 0 Å². The zero-order chi connectivity index (χ0) is 20.2. The number of carbonyl (C=O) groups excluding carboxylic acids is 2. The number of rotatable bonds is 4. The topological polar surface area (TPSA) is 110 Å². The van der Waals surface area contributed by atoms with E-state index in [0.29, 0.717) is 28.0 Å². The predicted molar refractivity (Wildman–Crippen MR) is 113 cm³/mol. The van der Waals surface area contributed by atoms with Crippen LogP contribution in [0.5, 0.6) is 0 Å². The Morgan fingerprint density at radius 2 is 1.83 bits per heavy atom. The summed E-state index contributed by atoms with van der Waals surface area (Å²) >= 11 is 0. The van der Waals surface area contributed by atoms with Crippen molar-refractivity contribution in [3.8, 4) is 11.3 Å². The first-order valence-electron chi connectivity index (χ1n) is 9.84. The molecule has 1 aromatic heterocycles. The number of nitrogens with two attached hydrogens (primary N) is 1. The van der Waals surface area contributed by atoms with Crippen LogP contribution < -0.4 is 16.4 Å². The van der Waals surface area contributed by atoms with Crippen LogP contribution in [0.1, 0.15) is 42.5 Å². The smallest absolute Gasteiger partial charge is 0.319 e. The van der Waals surface area contributed by atoms with Gasteiger partial charge in [-0.15, -0.1) is 0 Å². The van der Waals surface area contributed by atoms with Crippen LogP contribution in [0.4, 0.5) is 10.5 Å². The molecule has 1 aliphatic carbocycles. The fraction of sp³-hybridized carbons (Fsp3) is 0.273. The number of anilines is 1. The van der Waals surface area contributed by atoms with Crippen LogP contribution in [0, 0.1) is 0 Å². The quantitative estimate of drug-likeness (QED) is 0.629. The van der Waals surface area contributed by atoms with Gasteiger partial charge in [0.15, 0.2) is 0 Å². The minimum Gasteiger partial charge on any atom is -0.366 e. The normalized spacial score (nSPS) is 14.5. The lowest BCUT2D eigenvalue weighted by Gasteiger charge is -2.22. The SMILES string of the molecule is NC(=O)c1cccc2ncc(-c3cccc(NC(=O)NC4CCCCC4)c3)nc12. The van der Waals surface area contributed by atoms with Crippen molar-refractivity contribution >= 4 is 28.7 Å². The number of primary amides is 1. The first kappa shape index (κ1) is 18.9. The van der Waals surface area contributed by atoms with E-state index in [0.717, 1.165) is 31.2 Å². The minimum atomic E-state index is -0.545. The highest BCUT2D eigenvalue weighted by Gasteiger charge is 2.16. The van der Waals surface area contributed by atoms with Crippen molar-refractivity contribution in [3.63, 3.8) is 0 Å². The molecule has 1 heterocycles. The van der Waals surface area contributed by atoms with Gasteiger partial charge < -0.3 is 16.4 Å². The fourth-order valence-corrected chi connectivity index (χ4v) is 3.73. The maximum Gasteiger partial charge on any atom is 0.319 e. The zero-order valence-electron chi connectivity index (χ0n) is 16.0. The van der Waals surface area contributed by atoms with Gasteiger partial charge in [-0.05, 0) is 37.1 Å². The number of fused-ring (bicyclic) bond motifs is 1. The van der Waals surface area contributed by atoms with Crippen molar-refractivity contribution < 1.29 is 9.59 Å². The third-order valence-corrected chi connectivity index (χ3v) is 5.19. The molecule has 148 valence electrons. The highest BCUT2D eigenvalue weighted by molar-refractivity contribution is 6.04. The van der Waals surface area contributed by atoms with E-state index in [1.807, 2.05) is 24.3 Å². The first-order chi connectivity index (χ1) is 14.1. The molecule has 0 atom stereocenters. The van der Waals surface area contributed by atoms with Crippen molar-refractivity contribution in [2.75, 3.05) is 5.32 Å². The molecule has 3 amide bonds. The van der Waals surface area contributed by atoms with E-state index in [1.54, 1.807) is 24.4 Å². The van der Waals surface area contributed by atoms with Gasteiger partial charge in [0.25, 0.3) is 5.91 Å². The van der Waals surface area contributed by atoms with E-state index in [9.17, 15) is 9.59 Å². The van der Waals surface area contributed by atoms with Gasteiger partial charge in [-0.3, -0.25) is 9.78 Å². The fourth-order valence-electron chi connectivity index (χ4n) is 3.73. The molecule has 7 nitrogen and oxygen atoms in total. The standard InChI is InChI=1S/C22H23N5O2/c23-21(28)17-10-5-11-18-20(17)27-19(13-24-18)14-6-4-9-16(12-14)26-22(29)25-15-7-2-1-3-8-15/h4-6,9-13,15H,1-3,7-8H2,(H2,23,28)(H2,25,26,29). The van der Waals surface area contributed by atoms with Gasteiger partial charge in [0.05, 0.1) is 23.0 Å². The minimum absolute atomic E-state index is 0.199. The van der Waals surface area contributed by atoms with Crippen molar-refractivity contribution in [2.45, 2.75) is 38.1 Å². The Morgan fingerprint density at radius 1 is 1.03 bits per heavy atom. The lowest BCUT2D eigenvalue weighted by atomic mass is 9.96. The Morgan fingerprint density at radius 3 is 2.62 bits per heavy atom. The summed E-state index contributed by atoms with van der Waals surface area (Å²) < 4.78 is 0. The molecule has 1 fully saturated rings. The van der Waals surface area contributed by atoms with Crippen LogP contribution in [-0.2, 0) is 0 Å². The molecule has 0 aliphatic heterocycles. The summed E-state index contributed by atoms with van der Waals surface area (Å²) in [6.07, 6.45) is 7.27. The molecule has 4 N–H and O–H groups in total. The third kappa shape index (κ3) is 4.34. The van der Waals surface area contributed by atoms with E-state index in [-0.39, 0.29) is 12.1 Å². The monoisotopic (exact) mass is 389 g/mol. The largest absolute Gasteiger partial charge is 0.366 e. The number of urea groups is 1. The molecule has 2 aromatic carbocycles. The second kappa shape index (κ2) is 8.26. The Balaban J connectivity index is 1.56. The number of benzene rings is 2. The van der Waals surface area contributed by atoms with E-state index in [2.05, 4.69) is 20.6 Å². The number of carbonyl (C=O) groups is 2. The van der Waals surface area contributed by atoms with Crippen LogP contribution in [-0.4, -0.2) is 27.9 Å². The van der Waals surface area contributed by atoms with Crippen LogP contribution in [0.3, 0.4) is 0 Å². The van der Waals surface area contributed by atoms with Gasteiger partial charge in [-0.25, -0.2) is 9.78 Å². The number of hydrogen-bond acceptors (Lipinski definition) is 4. The number of para-hydroxylation sites is 1. The molecule has 4 rings (SSSR count). The predicted octanol–water partition coefficient (Wildman–Crippen LogP) is 3.85. The number of amides is 3. The van der Waals surface area contributed by atoms with Crippen LogP contribution in [0.2, 0.25) is 0 Å². The highest BCUT2D eigenvalue weighted by Crippen LogP contribution is 2.24. The summed E-state index contributed by atoms with van der Waals surface area (Å²) in [5.41, 5.74) is 8.91. The molecule has 7 heteroatoms. The van der Waals surface area contributed by atoms with Crippen LogP contribution in [0.25, 0.3) is 22.3 Å². The lowest BCUT2D eigenvalue weighted by Crippen LogP contribution is -2.39. The number of nitrogens with one attached hydrogen (secondary N) is 2. The maximum atomic E-state index is 12.3. The zero-order valence-corrected chi connectivity index (χ0v) is 16.0. The second-order valence-corrected chi connectivity index (χ2v) is 7.31. The van der Waals surface area contributed by atoms with Gasteiger partial charge in [0, 0.05) is 17.3 Å². The Bertz CT molecular complexity index is 1060. The third-order valence-electron chi connectivity index (χ3n) is 5.19. The Kier molecular flexibility index (Phi) is 5.37. The van der Waals surface area contributed by atoms with E-state index in [1.165, 1.54) is 6.42 Å². The summed E-state index contributed by atoms with van der Waals surface area (Å²) in [5, 5.41) is 5.94. The van der Waals surface area contributed by atoms with Gasteiger partial charge in [0.2, 0.25) is 0 Å². The highest BCUT2D eigenvalue weighted by atomic mass is 16.2. The molecule has 0 radical (unpaired) electrons. The van der Waals surface area contributed by atoms with Crippen LogP contribution in [0.15, 0.2) is 48.7 Å². The van der Waals surface area contributed by atoms with Gasteiger partial charge >= 0.3 is 6.03 Å². The molecule has 29 heavy (non-hydrogen) atoms. The number of hydrogen-bond donors (Lipinski definition) is 3. The summed E-state index contributed by atoms with van der Waals surface area (Å²) in [4.78, 5) is 33.0. The number of nitrogens with zero attached hydrogens (tertiary/aromatic N) is 2. The van der Waals surface area contributed by atoms with Gasteiger partial charge in [-0.1, -0.05) is 37.5 Å². The average Bonchev–Trinajstić information content (AvgIpc) is 2.73. The van der Waals surface area contributed by atoms with E-state index < -0.39 is 5.91 Å². The molecule has 0 bridgehead atoms. The van der Waals surface area contributed by atoms with E-state index in [4.69, 9.17) is 5.73 Å². The van der Waals surface area contributed by atoms with Crippen molar-refractivity contribution in [2.24, 2.45) is 5.73 Å². The van der Waals surface area contributed by atoms with Crippen molar-refractivity contribution in [1.82, 2.24) is 15.3 Å². The molecular formula is C22H23N5O2. The average molecular weight is 389 g/mol. The molecular weight excluding hydrogens is 366 g/mol. The molecule has 3 aromatic rings. The molecule has 1 saturated carbocycles. The second-order valence-electron chi connectivity index (χ2n) is 7.31. The van der Waals surface area contributed by atoms with Crippen molar-refractivity contribution in [3.05, 3.63) is 54.2 Å². The lowest BCUT2D eigenvalue weighted by molar-refractivity contribution is 0.100. The molecule has 0 unspecified atom stereocenters. The summed E-state index contributed by atoms with van der Waals surface area (Å²) in [5.74, 6) is -0.545. The van der Waals surface area contributed by atoms with Gasteiger partial charge in [-0.2, -0.15) is 0 Å². The molecule has 1 aliphatic rings. The number of aromatic nitrogens is 2. The Hall–Kier alpha value is -3.48. The molecule has 0 saturated heterocycles. The first-order valence-corrected chi connectivity index (χ1v) is 9.84. The summed E-state index contributed by atoms with van der Waals surface area (Å²) in [6.45, 7) is 0. The van der Waals surface area contributed by atoms with Gasteiger partial charge in [0.1, 0.15) is 5.52 Å². The maximum absolute atomic E-state index is 12.3. The summed E-state index contributed by atoms with van der Waals surface area (Å²) in [7, 11) is 0.